The number of carboxylic acids is 1. The summed E-state index contributed by atoms with van der Waals surface area (Å²) in [6, 6.07) is 0. The normalized spacial score (nSPS) is 15.9. The molecule has 88 valence electrons. The third kappa shape index (κ3) is 2.04. The molecule has 0 aliphatic carbocycles. The van der Waals surface area contributed by atoms with Crippen LogP contribution in [0.25, 0.3) is 0 Å². The summed E-state index contributed by atoms with van der Waals surface area (Å²) in [6.07, 6.45) is 0.567. The fourth-order valence-electron chi connectivity index (χ4n) is 1.54. The van der Waals surface area contributed by atoms with Gasteiger partial charge in [-0.15, -0.1) is 0 Å². The molecule has 2 rings (SSSR count). The Morgan fingerprint density at radius 1 is 1.69 bits per heavy atom. The predicted octanol–water partition coefficient (Wildman–Crippen LogP) is 0.676. The van der Waals surface area contributed by atoms with Crippen molar-refractivity contribution in [3.05, 3.63) is 17.7 Å². The lowest BCUT2D eigenvalue weighted by Gasteiger charge is -2.13. The second kappa shape index (κ2) is 3.82. The minimum atomic E-state index is -3.77. The lowest BCUT2D eigenvalue weighted by Crippen LogP contribution is -2.30. The van der Waals surface area contributed by atoms with E-state index in [0.29, 0.717) is 19.0 Å². The molecule has 0 saturated heterocycles. The second-order valence-corrected chi connectivity index (χ2v) is 3.58. The second-order valence-electron chi connectivity index (χ2n) is 3.58. The number of nitrogens with zero attached hydrogens (tertiary/aromatic N) is 2. The van der Waals surface area contributed by atoms with Gasteiger partial charge in [0.2, 0.25) is 0 Å². The fraction of sp³-hybridized carbons (Fsp3) is 0.556. The number of aliphatic carboxylic acids is 1. The minimum Gasteiger partial charge on any atom is -0.477 e. The molecule has 0 radical (unpaired) electrons. The third-order valence-electron chi connectivity index (χ3n) is 2.33. The molecular formula is C9H10F2N2O3. The molecule has 2 heterocycles. The van der Waals surface area contributed by atoms with Crippen molar-refractivity contribution in [2.24, 2.45) is 0 Å². The zero-order valence-electron chi connectivity index (χ0n) is 8.32. The maximum atomic E-state index is 12.9. The van der Waals surface area contributed by atoms with Crippen LogP contribution in [0.1, 0.15) is 11.5 Å². The molecule has 1 aromatic heterocycles. The van der Waals surface area contributed by atoms with Crippen LogP contribution in [-0.4, -0.2) is 33.2 Å². The van der Waals surface area contributed by atoms with Crippen LogP contribution >= 0.6 is 0 Å². The Kier molecular flexibility index (Phi) is 2.63. The highest BCUT2D eigenvalue weighted by molar-refractivity contribution is 5.75. The number of halogens is 2. The van der Waals surface area contributed by atoms with Gasteiger partial charge in [0.05, 0.1) is 18.7 Å². The quantitative estimate of drug-likeness (QED) is 0.832. The SMILES string of the molecule is O=C(O)C(F)(F)Cc1cn2c(n1)COCC2. The number of hydrogen-bond acceptors (Lipinski definition) is 3. The Morgan fingerprint density at radius 3 is 3.06 bits per heavy atom. The van der Waals surface area contributed by atoms with Crippen LogP contribution in [0.15, 0.2) is 6.20 Å². The molecule has 0 atom stereocenters. The maximum absolute atomic E-state index is 12.9. The molecule has 5 nitrogen and oxygen atoms in total. The summed E-state index contributed by atoms with van der Waals surface area (Å²) >= 11 is 0. The molecule has 0 amide bonds. The van der Waals surface area contributed by atoms with Gasteiger partial charge in [-0.25, -0.2) is 9.78 Å². The van der Waals surface area contributed by atoms with Gasteiger partial charge in [0.1, 0.15) is 12.4 Å². The largest absolute Gasteiger partial charge is 0.477 e. The average molecular weight is 232 g/mol. The first-order valence-electron chi connectivity index (χ1n) is 4.73. The number of ether oxygens (including phenoxy) is 1. The summed E-state index contributed by atoms with van der Waals surface area (Å²) in [5.41, 5.74) is 0.0768. The third-order valence-corrected chi connectivity index (χ3v) is 2.33. The van der Waals surface area contributed by atoms with E-state index in [1.165, 1.54) is 6.20 Å². The maximum Gasteiger partial charge on any atom is 0.374 e. The van der Waals surface area contributed by atoms with Crippen molar-refractivity contribution in [3.8, 4) is 0 Å². The number of aromatic nitrogens is 2. The van der Waals surface area contributed by atoms with Crippen molar-refractivity contribution in [1.29, 1.82) is 0 Å². The van der Waals surface area contributed by atoms with Crippen LogP contribution < -0.4 is 0 Å². The molecule has 0 unspecified atom stereocenters. The Balaban J connectivity index is 2.16. The van der Waals surface area contributed by atoms with Crippen molar-refractivity contribution in [2.75, 3.05) is 6.61 Å². The van der Waals surface area contributed by atoms with Crippen LogP contribution in [-0.2, 0) is 29.1 Å². The van der Waals surface area contributed by atoms with Gasteiger partial charge in [-0.3, -0.25) is 0 Å². The van der Waals surface area contributed by atoms with Gasteiger partial charge in [0, 0.05) is 12.7 Å². The molecule has 16 heavy (non-hydrogen) atoms. The summed E-state index contributed by atoms with van der Waals surface area (Å²) in [5.74, 6) is -5.34. The summed E-state index contributed by atoms with van der Waals surface area (Å²) in [4.78, 5) is 14.2. The molecule has 0 saturated carbocycles. The Morgan fingerprint density at radius 2 is 2.44 bits per heavy atom. The molecule has 1 aliphatic rings. The van der Waals surface area contributed by atoms with Crippen LogP contribution in [0, 0.1) is 0 Å². The number of imidazole rings is 1. The zero-order valence-corrected chi connectivity index (χ0v) is 8.32. The lowest BCUT2D eigenvalue weighted by atomic mass is 10.2. The van der Waals surface area contributed by atoms with Gasteiger partial charge in [-0.1, -0.05) is 0 Å². The van der Waals surface area contributed by atoms with Gasteiger partial charge in [0.25, 0.3) is 0 Å². The smallest absolute Gasteiger partial charge is 0.374 e. The summed E-state index contributed by atoms with van der Waals surface area (Å²) in [6.45, 7) is 1.34. The molecular weight excluding hydrogens is 222 g/mol. The summed E-state index contributed by atoms with van der Waals surface area (Å²) < 4.78 is 32.6. The van der Waals surface area contributed by atoms with Crippen LogP contribution in [0.2, 0.25) is 0 Å². The van der Waals surface area contributed by atoms with Crippen LogP contribution in [0.4, 0.5) is 8.78 Å². The van der Waals surface area contributed by atoms with Crippen molar-refractivity contribution in [1.82, 2.24) is 9.55 Å². The Bertz CT molecular complexity index is 393. The van der Waals surface area contributed by atoms with E-state index in [4.69, 9.17) is 9.84 Å². The first-order chi connectivity index (χ1) is 7.49. The number of carbonyl (C=O) groups is 1. The molecule has 1 aromatic rings. The van der Waals surface area contributed by atoms with Crippen LogP contribution in [0.5, 0.6) is 0 Å². The van der Waals surface area contributed by atoms with Crippen molar-refractivity contribution in [3.63, 3.8) is 0 Å². The number of carboxylic acid groups (broad SMARTS) is 1. The van der Waals surface area contributed by atoms with Gasteiger partial charge in [0.15, 0.2) is 0 Å². The molecule has 7 heteroatoms. The van der Waals surface area contributed by atoms with E-state index in [0.717, 1.165) is 0 Å². The van der Waals surface area contributed by atoms with Crippen molar-refractivity contribution < 1.29 is 23.4 Å². The topological polar surface area (TPSA) is 64.3 Å². The monoisotopic (exact) mass is 232 g/mol. The molecule has 1 aliphatic heterocycles. The van der Waals surface area contributed by atoms with E-state index in [2.05, 4.69) is 4.98 Å². The standard InChI is InChI=1S/C9H10F2N2O3/c10-9(11,8(14)15)3-6-4-13-1-2-16-5-7(13)12-6/h4H,1-3,5H2,(H,14,15). The van der Waals surface area contributed by atoms with Gasteiger partial charge >= 0.3 is 11.9 Å². The van der Waals surface area contributed by atoms with E-state index >= 15 is 0 Å². The minimum absolute atomic E-state index is 0.0768. The summed E-state index contributed by atoms with van der Waals surface area (Å²) in [7, 11) is 0. The predicted molar refractivity (Wildman–Crippen MR) is 48.2 cm³/mol. The average Bonchev–Trinajstić information content (AvgIpc) is 2.58. The van der Waals surface area contributed by atoms with Crippen molar-refractivity contribution >= 4 is 5.97 Å². The first-order valence-corrected chi connectivity index (χ1v) is 4.73. The van der Waals surface area contributed by atoms with E-state index in [1.54, 1.807) is 4.57 Å². The van der Waals surface area contributed by atoms with Gasteiger partial charge < -0.3 is 14.4 Å². The zero-order chi connectivity index (χ0) is 11.8. The fourth-order valence-corrected chi connectivity index (χ4v) is 1.54. The first kappa shape index (κ1) is 11.0. The van der Waals surface area contributed by atoms with Crippen molar-refractivity contribution in [2.45, 2.75) is 25.5 Å². The Hall–Kier alpha value is -1.50. The van der Waals surface area contributed by atoms with E-state index < -0.39 is 18.3 Å². The molecule has 1 N–H and O–H groups in total. The van der Waals surface area contributed by atoms with Gasteiger partial charge in [-0.05, 0) is 0 Å². The van der Waals surface area contributed by atoms with Gasteiger partial charge in [-0.2, -0.15) is 8.78 Å². The number of hydrogen-bond donors (Lipinski definition) is 1. The molecule has 0 aromatic carbocycles. The Labute approximate surface area is 89.7 Å². The summed E-state index contributed by atoms with van der Waals surface area (Å²) in [5, 5.41) is 8.30. The van der Waals surface area contributed by atoms with E-state index in [1.807, 2.05) is 0 Å². The molecule has 0 spiro atoms. The highest BCUT2D eigenvalue weighted by atomic mass is 19.3. The highest BCUT2D eigenvalue weighted by Gasteiger charge is 2.39. The lowest BCUT2D eigenvalue weighted by molar-refractivity contribution is -0.164. The number of fused-ring (bicyclic) bond motifs is 1. The number of alkyl halides is 2. The van der Waals surface area contributed by atoms with Crippen LogP contribution in [0.3, 0.4) is 0 Å². The van der Waals surface area contributed by atoms with E-state index in [-0.39, 0.29) is 12.3 Å². The number of rotatable bonds is 3. The molecule has 0 bridgehead atoms. The van der Waals surface area contributed by atoms with E-state index in [9.17, 15) is 13.6 Å². The molecule has 0 fully saturated rings. The highest BCUT2D eigenvalue weighted by Crippen LogP contribution is 2.21.